The van der Waals surface area contributed by atoms with Crippen LogP contribution >= 0.6 is 0 Å². The van der Waals surface area contributed by atoms with Crippen molar-refractivity contribution in [1.29, 1.82) is 0 Å². The zero-order valence-electron chi connectivity index (χ0n) is 31.1. The van der Waals surface area contributed by atoms with Gasteiger partial charge in [-0.15, -0.1) is 0 Å². The monoisotopic (exact) mass is 725 g/mol. The Labute approximate surface area is 331 Å². The van der Waals surface area contributed by atoms with Crippen molar-refractivity contribution >= 4 is 39.0 Å². The average molecular weight is 726 g/mol. The molecule has 0 saturated heterocycles. The summed E-state index contributed by atoms with van der Waals surface area (Å²) in [5.74, 6) is 0. The lowest BCUT2D eigenvalue weighted by Crippen LogP contribution is -2.26. The minimum Gasteiger partial charge on any atom is -0.455 e. The maximum atomic E-state index is 6.46. The van der Waals surface area contributed by atoms with Gasteiger partial charge in [0.2, 0.25) is 0 Å². The molecular weight excluding hydrogens is 691 g/mol. The number of benzene rings is 9. The first-order chi connectivity index (χ1) is 28.3. The lowest BCUT2D eigenvalue weighted by Gasteiger charge is -2.32. The highest BCUT2D eigenvalue weighted by atomic mass is 16.3. The highest BCUT2D eigenvalue weighted by molar-refractivity contribution is 6.09. The molecule has 266 valence electrons. The SMILES string of the molecule is c1ccc(-c2ccc(N(c3ccc(-c4cccc5c4oc4ccccc45)cc3)c3ccc4c(c3)C3(c5ccccc5-c5ccccc53)c3ccccc3-4)cc2)cc1. The summed E-state index contributed by atoms with van der Waals surface area (Å²) in [6.45, 7) is 0. The quantitative estimate of drug-likeness (QED) is 0.176. The molecular formula is C55H35NO. The molecule has 0 amide bonds. The normalized spacial score (nSPS) is 13.1. The van der Waals surface area contributed by atoms with Gasteiger partial charge in [-0.3, -0.25) is 0 Å². The Morgan fingerprint density at radius 3 is 1.44 bits per heavy atom. The molecule has 1 aromatic heterocycles. The van der Waals surface area contributed by atoms with Crippen LogP contribution in [-0.4, -0.2) is 0 Å². The van der Waals surface area contributed by atoms with Gasteiger partial charge in [0.05, 0.1) is 5.41 Å². The molecule has 0 saturated carbocycles. The summed E-state index contributed by atoms with van der Waals surface area (Å²) >= 11 is 0. The van der Waals surface area contributed by atoms with Gasteiger partial charge in [0.25, 0.3) is 0 Å². The molecule has 2 aliphatic carbocycles. The molecule has 0 fully saturated rings. The van der Waals surface area contributed by atoms with Crippen LogP contribution in [0, 0.1) is 0 Å². The second-order valence-electron chi connectivity index (χ2n) is 15.2. The van der Waals surface area contributed by atoms with Crippen LogP contribution in [0.3, 0.4) is 0 Å². The summed E-state index contributed by atoms with van der Waals surface area (Å²) < 4.78 is 6.46. The molecule has 9 aromatic carbocycles. The molecule has 1 spiro atoms. The number of anilines is 3. The highest BCUT2D eigenvalue weighted by Crippen LogP contribution is 2.63. The molecule has 1 heterocycles. The van der Waals surface area contributed by atoms with Crippen LogP contribution in [0.25, 0.3) is 66.4 Å². The van der Waals surface area contributed by atoms with E-state index in [1.807, 2.05) is 12.1 Å². The van der Waals surface area contributed by atoms with Crippen molar-refractivity contribution in [3.8, 4) is 44.5 Å². The zero-order chi connectivity index (χ0) is 37.5. The molecule has 0 atom stereocenters. The van der Waals surface area contributed by atoms with Crippen molar-refractivity contribution in [2.75, 3.05) is 4.90 Å². The smallest absolute Gasteiger partial charge is 0.143 e. The molecule has 0 bridgehead atoms. The number of rotatable bonds is 5. The number of nitrogens with zero attached hydrogens (tertiary/aromatic N) is 1. The minimum atomic E-state index is -0.424. The number of hydrogen-bond donors (Lipinski definition) is 0. The lowest BCUT2D eigenvalue weighted by atomic mass is 9.70. The zero-order valence-corrected chi connectivity index (χ0v) is 31.1. The summed E-state index contributed by atoms with van der Waals surface area (Å²) in [7, 11) is 0. The summed E-state index contributed by atoms with van der Waals surface area (Å²) in [6, 6.07) is 77.4. The summed E-state index contributed by atoms with van der Waals surface area (Å²) in [5.41, 5.74) is 19.9. The molecule has 0 unspecified atom stereocenters. The number of fused-ring (bicyclic) bond motifs is 13. The number of hydrogen-bond acceptors (Lipinski definition) is 2. The maximum absolute atomic E-state index is 6.46. The predicted octanol–water partition coefficient (Wildman–Crippen LogP) is 14.7. The fourth-order valence-corrected chi connectivity index (χ4v) is 9.87. The van der Waals surface area contributed by atoms with Gasteiger partial charge in [0.15, 0.2) is 0 Å². The van der Waals surface area contributed by atoms with Crippen LogP contribution in [0.2, 0.25) is 0 Å². The first-order valence-electron chi connectivity index (χ1n) is 19.7. The van der Waals surface area contributed by atoms with E-state index in [1.54, 1.807) is 0 Å². The number of para-hydroxylation sites is 2. The fraction of sp³-hybridized carbons (Fsp3) is 0.0182. The third-order valence-corrected chi connectivity index (χ3v) is 12.3. The molecule has 2 nitrogen and oxygen atoms in total. The Balaban J connectivity index is 1.05. The minimum absolute atomic E-state index is 0.424. The Morgan fingerprint density at radius 2 is 0.789 bits per heavy atom. The molecule has 0 aliphatic heterocycles. The predicted molar refractivity (Wildman–Crippen MR) is 236 cm³/mol. The Bertz CT molecular complexity index is 3110. The van der Waals surface area contributed by atoms with Gasteiger partial charge in [-0.05, 0) is 104 Å². The second kappa shape index (κ2) is 12.3. The van der Waals surface area contributed by atoms with Crippen molar-refractivity contribution in [1.82, 2.24) is 0 Å². The van der Waals surface area contributed by atoms with Gasteiger partial charge < -0.3 is 9.32 Å². The van der Waals surface area contributed by atoms with E-state index in [-0.39, 0.29) is 0 Å². The van der Waals surface area contributed by atoms with Crippen LogP contribution in [0.1, 0.15) is 22.3 Å². The molecule has 2 aliphatic rings. The first kappa shape index (κ1) is 31.9. The van der Waals surface area contributed by atoms with E-state index in [9.17, 15) is 0 Å². The molecule has 57 heavy (non-hydrogen) atoms. The Kier molecular flexibility index (Phi) is 6.88. The Morgan fingerprint density at radius 1 is 0.316 bits per heavy atom. The Hall–Kier alpha value is -7.42. The third-order valence-electron chi connectivity index (χ3n) is 12.3. The average Bonchev–Trinajstić information content (AvgIpc) is 3.92. The summed E-state index contributed by atoms with van der Waals surface area (Å²) in [4.78, 5) is 2.41. The standard InChI is InChI=1S/C55H35NO/c1-2-13-36(14-3-1)37-25-29-39(30-26-37)56(40-31-27-38(28-32-40)42-19-12-20-48-47-18-7-11-24-53(47)57-54(42)48)41-33-34-46-45-17-6-10-23-51(45)55(52(46)35-41)49-21-8-4-15-43(49)44-16-5-9-22-50(44)55/h1-35H. The summed E-state index contributed by atoms with van der Waals surface area (Å²) in [5, 5.41) is 2.27. The molecule has 12 rings (SSSR count). The fourth-order valence-electron chi connectivity index (χ4n) is 9.87. The summed E-state index contributed by atoms with van der Waals surface area (Å²) in [6.07, 6.45) is 0. The van der Waals surface area contributed by atoms with E-state index in [0.717, 1.165) is 50.1 Å². The first-order valence-corrected chi connectivity index (χ1v) is 19.7. The van der Waals surface area contributed by atoms with E-state index in [4.69, 9.17) is 4.42 Å². The molecule has 0 radical (unpaired) electrons. The van der Waals surface area contributed by atoms with E-state index >= 15 is 0 Å². The van der Waals surface area contributed by atoms with Gasteiger partial charge in [-0.1, -0.05) is 170 Å². The second-order valence-corrected chi connectivity index (χ2v) is 15.2. The third kappa shape index (κ3) is 4.59. The van der Waals surface area contributed by atoms with Crippen LogP contribution < -0.4 is 4.90 Å². The van der Waals surface area contributed by atoms with Crippen LogP contribution in [0.4, 0.5) is 17.1 Å². The number of furan rings is 1. The molecule has 0 N–H and O–H groups in total. The van der Waals surface area contributed by atoms with Crippen molar-refractivity contribution in [2.24, 2.45) is 0 Å². The van der Waals surface area contributed by atoms with Crippen molar-refractivity contribution in [3.63, 3.8) is 0 Å². The van der Waals surface area contributed by atoms with Gasteiger partial charge in [0.1, 0.15) is 11.2 Å². The maximum Gasteiger partial charge on any atom is 0.143 e. The van der Waals surface area contributed by atoms with Gasteiger partial charge in [0, 0.05) is 33.4 Å². The molecule has 10 aromatic rings. The van der Waals surface area contributed by atoms with Crippen LogP contribution in [0.5, 0.6) is 0 Å². The van der Waals surface area contributed by atoms with Gasteiger partial charge in [-0.2, -0.15) is 0 Å². The van der Waals surface area contributed by atoms with Crippen molar-refractivity contribution in [3.05, 3.63) is 235 Å². The van der Waals surface area contributed by atoms with E-state index in [2.05, 4.69) is 205 Å². The van der Waals surface area contributed by atoms with Crippen LogP contribution in [0.15, 0.2) is 217 Å². The lowest BCUT2D eigenvalue weighted by molar-refractivity contribution is 0.670. The van der Waals surface area contributed by atoms with Gasteiger partial charge >= 0.3 is 0 Å². The largest absolute Gasteiger partial charge is 0.455 e. The van der Waals surface area contributed by atoms with E-state index < -0.39 is 5.41 Å². The topological polar surface area (TPSA) is 16.4 Å². The highest BCUT2D eigenvalue weighted by Gasteiger charge is 2.51. The van der Waals surface area contributed by atoms with Crippen LogP contribution in [-0.2, 0) is 5.41 Å². The van der Waals surface area contributed by atoms with E-state index in [1.165, 1.54) is 55.6 Å². The van der Waals surface area contributed by atoms with Gasteiger partial charge in [-0.25, -0.2) is 0 Å². The van der Waals surface area contributed by atoms with Crippen molar-refractivity contribution in [2.45, 2.75) is 5.41 Å². The van der Waals surface area contributed by atoms with Crippen molar-refractivity contribution < 1.29 is 4.42 Å². The van der Waals surface area contributed by atoms with E-state index in [0.29, 0.717) is 0 Å². The molecule has 2 heteroatoms.